The summed E-state index contributed by atoms with van der Waals surface area (Å²) in [5, 5.41) is 11.6. The zero-order chi connectivity index (χ0) is 25.5. The highest BCUT2D eigenvalue weighted by Crippen LogP contribution is 2.31. The van der Waals surface area contributed by atoms with Gasteiger partial charge in [-0.15, -0.1) is 0 Å². The molecule has 0 radical (unpaired) electrons. The minimum Gasteiger partial charge on any atom is -0.495 e. The van der Waals surface area contributed by atoms with E-state index < -0.39 is 0 Å². The van der Waals surface area contributed by atoms with Crippen LogP contribution in [-0.4, -0.2) is 48.5 Å². The van der Waals surface area contributed by atoms with Crippen molar-refractivity contribution in [1.29, 1.82) is 0 Å². The van der Waals surface area contributed by atoms with E-state index in [1.807, 2.05) is 37.2 Å². The van der Waals surface area contributed by atoms with E-state index in [0.29, 0.717) is 35.4 Å². The number of methoxy groups -OCH3 is 1. The lowest BCUT2D eigenvalue weighted by molar-refractivity contribution is -0.111. The molecule has 0 fully saturated rings. The van der Waals surface area contributed by atoms with Crippen molar-refractivity contribution < 1.29 is 9.53 Å². The molecule has 3 aromatic carbocycles. The van der Waals surface area contributed by atoms with E-state index >= 15 is 0 Å². The van der Waals surface area contributed by atoms with E-state index in [0.717, 1.165) is 20.9 Å². The summed E-state index contributed by atoms with van der Waals surface area (Å²) in [7, 11) is 5.47. The lowest BCUT2D eigenvalue weighted by atomic mass is 10.1. The number of benzene rings is 3. The molecule has 1 heterocycles. The summed E-state index contributed by atoms with van der Waals surface area (Å²) in [5.74, 6) is 1.39. The molecule has 184 valence electrons. The molecule has 36 heavy (non-hydrogen) atoms. The quantitative estimate of drug-likeness (QED) is 0.223. The number of carbonyl (C=O) groups is 1. The summed E-state index contributed by atoms with van der Waals surface area (Å²) in [6, 6.07) is 19.4. The van der Waals surface area contributed by atoms with Crippen LogP contribution in [-0.2, 0) is 4.79 Å². The van der Waals surface area contributed by atoms with Crippen LogP contribution in [0.4, 0.5) is 28.8 Å². The summed E-state index contributed by atoms with van der Waals surface area (Å²) in [6.45, 7) is 0.681. The Morgan fingerprint density at radius 1 is 1.06 bits per heavy atom. The highest BCUT2D eigenvalue weighted by atomic mass is 79.9. The fourth-order valence-corrected chi connectivity index (χ4v) is 4.14. The first kappa shape index (κ1) is 25.2. The fourth-order valence-electron chi connectivity index (χ4n) is 3.53. The lowest BCUT2D eigenvalue weighted by Gasteiger charge is -2.13. The van der Waals surface area contributed by atoms with E-state index in [1.165, 1.54) is 6.08 Å². The minimum atomic E-state index is -0.211. The standard InChI is InChI=1S/C27H27BrN6O2/c1-34(2)14-6-9-26(35)31-19-10-11-24(36-3)23(17-19)32-27-29-13-12-25(33-27)30-20-15-18-7-4-5-8-21(18)22(28)16-20/h4-13,15-17H,14H2,1-3H3,(H,31,35)(H2,29,30,32,33)/b9-6+. The SMILES string of the molecule is COc1ccc(NC(=O)/C=C/CN(C)C)cc1Nc1nccc(Nc2cc(Br)c3ccccc3c2)n1. The van der Waals surface area contributed by atoms with Gasteiger partial charge in [-0.05, 0) is 61.3 Å². The van der Waals surface area contributed by atoms with E-state index in [4.69, 9.17) is 4.74 Å². The first-order valence-electron chi connectivity index (χ1n) is 11.3. The highest BCUT2D eigenvalue weighted by molar-refractivity contribution is 9.10. The van der Waals surface area contributed by atoms with Crippen molar-refractivity contribution in [2.24, 2.45) is 0 Å². The van der Waals surface area contributed by atoms with Crippen molar-refractivity contribution in [3.8, 4) is 5.75 Å². The second-order valence-corrected chi connectivity index (χ2v) is 9.12. The number of carbonyl (C=O) groups excluding carboxylic acids is 1. The van der Waals surface area contributed by atoms with Gasteiger partial charge in [-0.3, -0.25) is 4.79 Å². The van der Waals surface area contributed by atoms with Crippen LogP contribution in [0.2, 0.25) is 0 Å². The molecule has 0 atom stereocenters. The van der Waals surface area contributed by atoms with Gasteiger partial charge in [-0.1, -0.05) is 46.3 Å². The molecule has 0 aliphatic carbocycles. The van der Waals surface area contributed by atoms with Gasteiger partial charge in [0.15, 0.2) is 0 Å². The molecule has 3 N–H and O–H groups in total. The van der Waals surface area contributed by atoms with Crippen LogP contribution in [0.5, 0.6) is 5.75 Å². The van der Waals surface area contributed by atoms with Gasteiger partial charge < -0.3 is 25.6 Å². The molecule has 8 nitrogen and oxygen atoms in total. The summed E-state index contributed by atoms with van der Waals surface area (Å²) in [6.07, 6.45) is 4.99. The Kier molecular flexibility index (Phi) is 8.14. The zero-order valence-corrected chi connectivity index (χ0v) is 21.8. The molecule has 0 saturated carbocycles. The Labute approximate surface area is 218 Å². The molecule has 0 aliphatic heterocycles. The molecule has 0 saturated heterocycles. The van der Waals surface area contributed by atoms with Gasteiger partial charge in [0.2, 0.25) is 11.9 Å². The fraction of sp³-hybridized carbons (Fsp3) is 0.148. The monoisotopic (exact) mass is 546 g/mol. The number of nitrogens with one attached hydrogen (secondary N) is 3. The third-order valence-corrected chi connectivity index (χ3v) is 5.85. The van der Waals surface area contributed by atoms with Crippen LogP contribution in [0.15, 0.2) is 83.5 Å². The molecule has 4 aromatic rings. The average Bonchev–Trinajstić information content (AvgIpc) is 2.84. The zero-order valence-electron chi connectivity index (χ0n) is 20.2. The van der Waals surface area contributed by atoms with Crippen molar-refractivity contribution in [1.82, 2.24) is 14.9 Å². The number of halogens is 1. The van der Waals surface area contributed by atoms with Crippen LogP contribution in [0, 0.1) is 0 Å². The largest absolute Gasteiger partial charge is 0.495 e. The maximum atomic E-state index is 12.2. The first-order chi connectivity index (χ1) is 17.4. The predicted molar refractivity (Wildman–Crippen MR) is 150 cm³/mol. The minimum absolute atomic E-state index is 0.211. The van der Waals surface area contributed by atoms with Crippen LogP contribution in [0.1, 0.15) is 0 Å². The number of amides is 1. The number of ether oxygens (including phenoxy) is 1. The number of anilines is 5. The third-order valence-electron chi connectivity index (χ3n) is 5.19. The Hall–Kier alpha value is -3.95. The predicted octanol–water partition coefficient (Wildman–Crippen LogP) is 5.94. The summed E-state index contributed by atoms with van der Waals surface area (Å²) in [5.41, 5.74) is 2.14. The Bertz CT molecular complexity index is 1410. The van der Waals surface area contributed by atoms with Crippen LogP contribution in [0.3, 0.4) is 0 Å². The van der Waals surface area contributed by atoms with Gasteiger partial charge in [0, 0.05) is 34.7 Å². The molecular formula is C27H27BrN6O2. The Balaban J connectivity index is 1.51. The van der Waals surface area contributed by atoms with Crippen molar-refractivity contribution in [2.75, 3.05) is 43.7 Å². The lowest BCUT2D eigenvalue weighted by Crippen LogP contribution is -2.13. The van der Waals surface area contributed by atoms with Crippen molar-refractivity contribution in [2.45, 2.75) is 0 Å². The molecule has 1 aromatic heterocycles. The maximum Gasteiger partial charge on any atom is 0.248 e. The molecule has 9 heteroatoms. The number of hydrogen-bond donors (Lipinski definition) is 3. The van der Waals surface area contributed by atoms with E-state index in [1.54, 1.807) is 43.6 Å². The molecular weight excluding hydrogens is 520 g/mol. The van der Waals surface area contributed by atoms with Crippen LogP contribution >= 0.6 is 15.9 Å². The maximum absolute atomic E-state index is 12.2. The van der Waals surface area contributed by atoms with Gasteiger partial charge in [0.25, 0.3) is 0 Å². The third kappa shape index (κ3) is 6.59. The number of aromatic nitrogens is 2. The highest BCUT2D eigenvalue weighted by Gasteiger charge is 2.09. The van der Waals surface area contributed by atoms with E-state index in [-0.39, 0.29) is 5.91 Å². The number of nitrogens with zero attached hydrogens (tertiary/aromatic N) is 3. The number of fused-ring (bicyclic) bond motifs is 1. The smallest absolute Gasteiger partial charge is 0.248 e. The topological polar surface area (TPSA) is 91.4 Å². The van der Waals surface area contributed by atoms with E-state index in [9.17, 15) is 4.79 Å². The van der Waals surface area contributed by atoms with Gasteiger partial charge >= 0.3 is 0 Å². The van der Waals surface area contributed by atoms with E-state index in [2.05, 4.69) is 60.0 Å². The van der Waals surface area contributed by atoms with Crippen molar-refractivity contribution >= 4 is 61.4 Å². The van der Waals surface area contributed by atoms with Gasteiger partial charge in [0.1, 0.15) is 11.6 Å². The molecule has 1 amide bonds. The van der Waals surface area contributed by atoms with Crippen molar-refractivity contribution in [3.63, 3.8) is 0 Å². The van der Waals surface area contributed by atoms with Crippen LogP contribution < -0.4 is 20.7 Å². The number of rotatable bonds is 9. The summed E-state index contributed by atoms with van der Waals surface area (Å²) in [4.78, 5) is 23.1. The second kappa shape index (κ2) is 11.7. The number of hydrogen-bond acceptors (Lipinski definition) is 7. The van der Waals surface area contributed by atoms with Gasteiger partial charge in [-0.25, -0.2) is 4.98 Å². The molecule has 0 aliphatic rings. The molecule has 0 unspecified atom stereocenters. The number of likely N-dealkylation sites (N-methyl/N-ethyl adjacent to an activating group) is 1. The first-order valence-corrected chi connectivity index (χ1v) is 12.1. The average molecular weight is 547 g/mol. The van der Waals surface area contributed by atoms with Gasteiger partial charge in [0.05, 0.1) is 12.8 Å². The summed E-state index contributed by atoms with van der Waals surface area (Å²) < 4.78 is 6.47. The Morgan fingerprint density at radius 2 is 1.89 bits per heavy atom. The molecule has 0 spiro atoms. The molecule has 0 bridgehead atoms. The van der Waals surface area contributed by atoms with Crippen LogP contribution in [0.25, 0.3) is 10.8 Å². The summed E-state index contributed by atoms with van der Waals surface area (Å²) >= 11 is 3.64. The Morgan fingerprint density at radius 3 is 2.69 bits per heavy atom. The van der Waals surface area contributed by atoms with Crippen molar-refractivity contribution in [3.05, 3.63) is 83.5 Å². The second-order valence-electron chi connectivity index (χ2n) is 8.26. The van der Waals surface area contributed by atoms with Gasteiger partial charge in [-0.2, -0.15) is 4.98 Å². The normalized spacial score (nSPS) is 11.1. The molecule has 4 rings (SSSR count).